The summed E-state index contributed by atoms with van der Waals surface area (Å²) >= 11 is 0. The average molecular weight is 452 g/mol. The summed E-state index contributed by atoms with van der Waals surface area (Å²) in [6, 6.07) is 15.8. The van der Waals surface area contributed by atoms with E-state index in [0.717, 1.165) is 5.56 Å². The molecule has 3 amide bonds. The van der Waals surface area contributed by atoms with Crippen LogP contribution in [-0.4, -0.2) is 35.4 Å². The number of hydrogen-bond donors (Lipinski definition) is 2. The average Bonchev–Trinajstić information content (AvgIpc) is 3.08. The molecule has 7 heteroatoms. The highest BCUT2D eigenvalue weighted by molar-refractivity contribution is 5.91. The molecule has 1 heterocycles. The number of rotatable bonds is 9. The Kier molecular flexibility index (Phi) is 8.09. The van der Waals surface area contributed by atoms with Crippen LogP contribution in [0.15, 0.2) is 54.6 Å². The van der Waals surface area contributed by atoms with Gasteiger partial charge in [-0.25, -0.2) is 4.79 Å². The van der Waals surface area contributed by atoms with Crippen molar-refractivity contribution in [2.45, 2.75) is 52.8 Å². The van der Waals surface area contributed by atoms with Crippen LogP contribution in [0.25, 0.3) is 0 Å². The van der Waals surface area contributed by atoms with Gasteiger partial charge in [0.2, 0.25) is 11.8 Å². The zero-order valence-corrected chi connectivity index (χ0v) is 19.7. The van der Waals surface area contributed by atoms with E-state index in [-0.39, 0.29) is 30.2 Å². The molecule has 2 atom stereocenters. The fourth-order valence-electron chi connectivity index (χ4n) is 3.78. The minimum Gasteiger partial charge on any atom is -0.438 e. The number of carbonyl (C=O) groups is 3. The third-order valence-corrected chi connectivity index (χ3v) is 5.33. The van der Waals surface area contributed by atoms with E-state index in [1.165, 1.54) is 4.90 Å². The van der Waals surface area contributed by atoms with E-state index < -0.39 is 18.2 Å². The Morgan fingerprint density at radius 1 is 1.00 bits per heavy atom. The Morgan fingerprint density at radius 2 is 1.73 bits per heavy atom. The quantitative estimate of drug-likeness (QED) is 0.587. The summed E-state index contributed by atoms with van der Waals surface area (Å²) in [6.07, 6.45) is -0.911. The number of hydrogen-bond acceptors (Lipinski definition) is 4. The molecule has 176 valence electrons. The lowest BCUT2D eigenvalue weighted by atomic mass is 9.99. The van der Waals surface area contributed by atoms with Gasteiger partial charge in [0.15, 0.2) is 12.1 Å². The second-order valence-corrected chi connectivity index (χ2v) is 9.27. The van der Waals surface area contributed by atoms with Crippen molar-refractivity contribution in [1.82, 2.24) is 10.2 Å². The maximum atomic E-state index is 13.2. The van der Waals surface area contributed by atoms with Crippen LogP contribution in [0.2, 0.25) is 0 Å². The van der Waals surface area contributed by atoms with E-state index in [1.54, 1.807) is 18.2 Å². The minimum absolute atomic E-state index is 0.0810. The van der Waals surface area contributed by atoms with Crippen LogP contribution in [0, 0.1) is 11.8 Å². The number of cyclic esters (lactones) is 1. The summed E-state index contributed by atoms with van der Waals surface area (Å²) in [6.45, 7) is 8.76. The van der Waals surface area contributed by atoms with Gasteiger partial charge in [-0.1, -0.05) is 70.2 Å². The molecule has 1 saturated heterocycles. The smallest absolute Gasteiger partial charge is 0.411 e. The van der Waals surface area contributed by atoms with Crippen LogP contribution in [0.1, 0.15) is 51.3 Å². The van der Waals surface area contributed by atoms with Crippen molar-refractivity contribution in [3.05, 3.63) is 65.7 Å². The SMILES string of the molecule is CC(C)CNC(=O)[C@H]1[C@@H](c2cccc(NC(=O)CC(C)C)c2)OC(=O)N1Cc1ccccc1. The van der Waals surface area contributed by atoms with E-state index in [9.17, 15) is 14.4 Å². The molecule has 0 saturated carbocycles. The van der Waals surface area contributed by atoms with E-state index >= 15 is 0 Å². The molecular formula is C26H33N3O4. The maximum Gasteiger partial charge on any atom is 0.411 e. The third-order valence-electron chi connectivity index (χ3n) is 5.33. The molecule has 2 N–H and O–H groups in total. The summed E-state index contributed by atoms with van der Waals surface area (Å²) in [5, 5.41) is 5.84. The number of amides is 3. The van der Waals surface area contributed by atoms with E-state index in [0.29, 0.717) is 24.2 Å². The first-order chi connectivity index (χ1) is 15.7. The van der Waals surface area contributed by atoms with Crippen molar-refractivity contribution < 1.29 is 19.1 Å². The normalized spacial score (nSPS) is 17.9. The summed E-state index contributed by atoms with van der Waals surface area (Å²) < 4.78 is 5.71. The number of nitrogens with zero attached hydrogens (tertiary/aromatic N) is 1. The van der Waals surface area contributed by atoms with Gasteiger partial charge in [0.1, 0.15) is 0 Å². The Hall–Kier alpha value is -3.35. The van der Waals surface area contributed by atoms with Crippen molar-refractivity contribution in [2.75, 3.05) is 11.9 Å². The van der Waals surface area contributed by atoms with Gasteiger partial charge in [0, 0.05) is 18.7 Å². The molecule has 1 fully saturated rings. The molecule has 2 aromatic carbocycles. The molecule has 0 unspecified atom stereocenters. The highest BCUT2D eigenvalue weighted by Crippen LogP contribution is 2.35. The predicted octanol–water partition coefficient (Wildman–Crippen LogP) is 4.51. The summed E-state index contributed by atoms with van der Waals surface area (Å²) in [5.41, 5.74) is 2.18. The van der Waals surface area contributed by atoms with Crippen LogP contribution >= 0.6 is 0 Å². The number of nitrogens with one attached hydrogen (secondary N) is 2. The Bertz CT molecular complexity index is 975. The molecule has 0 bridgehead atoms. The Labute approximate surface area is 195 Å². The predicted molar refractivity (Wildman–Crippen MR) is 127 cm³/mol. The lowest BCUT2D eigenvalue weighted by molar-refractivity contribution is -0.126. The number of benzene rings is 2. The largest absolute Gasteiger partial charge is 0.438 e. The van der Waals surface area contributed by atoms with Crippen LogP contribution in [0.3, 0.4) is 0 Å². The number of ether oxygens (including phenoxy) is 1. The van der Waals surface area contributed by atoms with Crippen LogP contribution < -0.4 is 10.6 Å². The molecule has 0 spiro atoms. The van der Waals surface area contributed by atoms with E-state index in [4.69, 9.17) is 4.74 Å². The second kappa shape index (κ2) is 11.0. The van der Waals surface area contributed by atoms with Crippen molar-refractivity contribution in [2.24, 2.45) is 11.8 Å². The molecule has 33 heavy (non-hydrogen) atoms. The van der Waals surface area contributed by atoms with Gasteiger partial charge in [-0.05, 0) is 35.1 Å². The fourth-order valence-corrected chi connectivity index (χ4v) is 3.78. The molecule has 3 rings (SSSR count). The van der Waals surface area contributed by atoms with Crippen LogP contribution in [-0.2, 0) is 20.9 Å². The summed E-state index contributed by atoms with van der Waals surface area (Å²) in [7, 11) is 0. The van der Waals surface area contributed by atoms with Gasteiger partial charge in [0.05, 0.1) is 6.54 Å². The molecule has 0 aromatic heterocycles. The topological polar surface area (TPSA) is 87.7 Å². The zero-order chi connectivity index (χ0) is 24.0. The molecule has 1 aliphatic heterocycles. The fraction of sp³-hybridized carbons (Fsp3) is 0.423. The Morgan fingerprint density at radius 3 is 2.39 bits per heavy atom. The van der Waals surface area contributed by atoms with Gasteiger partial charge in [-0.3, -0.25) is 14.5 Å². The molecular weight excluding hydrogens is 418 g/mol. The molecule has 2 aromatic rings. The second-order valence-electron chi connectivity index (χ2n) is 9.27. The summed E-state index contributed by atoms with van der Waals surface area (Å²) in [4.78, 5) is 39.7. The molecule has 0 aliphatic carbocycles. The first-order valence-electron chi connectivity index (χ1n) is 11.4. The lowest BCUT2D eigenvalue weighted by Gasteiger charge is -2.25. The monoisotopic (exact) mass is 451 g/mol. The Balaban J connectivity index is 1.87. The maximum absolute atomic E-state index is 13.2. The standard InChI is InChI=1S/C26H33N3O4/c1-17(2)13-22(30)28-21-12-8-11-20(14-21)24-23(25(31)27-15-18(3)4)29(26(32)33-24)16-19-9-6-5-7-10-19/h5-12,14,17-18,23-24H,13,15-16H2,1-4H3,(H,27,31)(H,28,30)/t23-,24-/m1/s1. The van der Waals surface area contributed by atoms with E-state index in [2.05, 4.69) is 10.6 Å². The zero-order valence-electron chi connectivity index (χ0n) is 19.7. The van der Waals surface area contributed by atoms with Crippen molar-refractivity contribution in [3.63, 3.8) is 0 Å². The number of anilines is 1. The van der Waals surface area contributed by atoms with Crippen LogP contribution in [0.4, 0.5) is 10.5 Å². The third kappa shape index (κ3) is 6.57. The molecule has 0 radical (unpaired) electrons. The van der Waals surface area contributed by atoms with Gasteiger partial charge in [0.25, 0.3) is 0 Å². The molecule has 7 nitrogen and oxygen atoms in total. The van der Waals surface area contributed by atoms with Crippen molar-refractivity contribution in [3.8, 4) is 0 Å². The van der Waals surface area contributed by atoms with Crippen LogP contribution in [0.5, 0.6) is 0 Å². The first kappa shape index (κ1) is 24.3. The summed E-state index contributed by atoms with van der Waals surface area (Å²) in [5.74, 6) is 0.171. The lowest BCUT2D eigenvalue weighted by Crippen LogP contribution is -2.47. The molecule has 1 aliphatic rings. The highest BCUT2D eigenvalue weighted by atomic mass is 16.6. The number of carbonyl (C=O) groups excluding carboxylic acids is 3. The van der Waals surface area contributed by atoms with Gasteiger partial charge < -0.3 is 15.4 Å². The van der Waals surface area contributed by atoms with E-state index in [1.807, 2.05) is 64.1 Å². The minimum atomic E-state index is -0.821. The van der Waals surface area contributed by atoms with Crippen molar-refractivity contribution in [1.29, 1.82) is 0 Å². The van der Waals surface area contributed by atoms with Gasteiger partial charge >= 0.3 is 6.09 Å². The van der Waals surface area contributed by atoms with Gasteiger partial charge in [-0.15, -0.1) is 0 Å². The first-order valence-corrected chi connectivity index (χ1v) is 11.4. The van der Waals surface area contributed by atoms with Gasteiger partial charge in [-0.2, -0.15) is 0 Å². The van der Waals surface area contributed by atoms with Crippen molar-refractivity contribution >= 4 is 23.6 Å². The highest BCUT2D eigenvalue weighted by Gasteiger charge is 2.47.